The molecular weight excluding hydrogens is 471 g/mol. The molecule has 0 saturated heterocycles. The summed E-state index contributed by atoms with van der Waals surface area (Å²) in [7, 11) is -3.57. The molecule has 5 rings (SSSR count). The van der Waals surface area contributed by atoms with Crippen molar-refractivity contribution < 1.29 is 38.7 Å². The van der Waals surface area contributed by atoms with E-state index in [0.717, 1.165) is 43.2 Å². The third kappa shape index (κ3) is 5.64. The first-order chi connectivity index (χ1) is 14.5. The highest BCUT2D eigenvalue weighted by Crippen LogP contribution is 2.55. The van der Waals surface area contributed by atoms with Gasteiger partial charge in [-0.1, -0.05) is 0 Å². The van der Waals surface area contributed by atoms with Gasteiger partial charge in [-0.2, -0.15) is 21.6 Å². The summed E-state index contributed by atoms with van der Waals surface area (Å²) in [6.07, 6.45) is 5.91. The van der Waals surface area contributed by atoms with Gasteiger partial charge in [0.25, 0.3) is 10.1 Å². The summed E-state index contributed by atoms with van der Waals surface area (Å²) in [4.78, 5) is 0.286. The fourth-order valence-corrected chi connectivity index (χ4v) is 6.48. The maximum atomic E-state index is 12.8. The van der Waals surface area contributed by atoms with Crippen molar-refractivity contribution in [1.82, 2.24) is 4.48 Å². The van der Waals surface area contributed by atoms with E-state index in [-0.39, 0.29) is 11.0 Å². The van der Waals surface area contributed by atoms with Crippen LogP contribution in [0.5, 0.6) is 0 Å². The van der Waals surface area contributed by atoms with Crippen molar-refractivity contribution in [3.05, 3.63) is 24.3 Å². The first-order valence-corrected chi connectivity index (χ1v) is 13.2. The highest BCUT2D eigenvalue weighted by atomic mass is 32.2. The minimum atomic E-state index is -6.09. The predicted molar refractivity (Wildman–Crippen MR) is 111 cm³/mol. The smallest absolute Gasteiger partial charge is 0.485 e. The fraction of sp³-hybridized carbons (Fsp3) is 0.700. The molecule has 0 spiro atoms. The molecule has 0 aliphatic heterocycles. The third-order valence-electron chi connectivity index (χ3n) is 6.56. The Morgan fingerprint density at radius 2 is 1.28 bits per heavy atom. The Labute approximate surface area is 187 Å². The number of halogens is 3. The molecule has 4 saturated carbocycles. The highest BCUT2D eigenvalue weighted by molar-refractivity contribution is 7.87. The van der Waals surface area contributed by atoms with Gasteiger partial charge >= 0.3 is 5.51 Å². The monoisotopic (exact) mass is 499 g/mol. The van der Waals surface area contributed by atoms with Gasteiger partial charge in [-0.3, -0.25) is 8.67 Å². The Kier molecular flexibility index (Phi) is 6.78. The van der Waals surface area contributed by atoms with Crippen molar-refractivity contribution in [2.24, 2.45) is 23.7 Å². The second-order valence-corrected chi connectivity index (χ2v) is 12.8. The summed E-state index contributed by atoms with van der Waals surface area (Å²) < 4.78 is 90.9. The van der Waals surface area contributed by atoms with Crippen LogP contribution in [-0.2, 0) is 24.4 Å². The highest BCUT2D eigenvalue weighted by Gasteiger charge is 2.50. The molecule has 0 heterocycles. The number of quaternary nitrogens is 1. The van der Waals surface area contributed by atoms with Crippen LogP contribution < -0.4 is 4.48 Å². The number of rotatable bonds is 4. The van der Waals surface area contributed by atoms with Crippen LogP contribution in [0.15, 0.2) is 29.2 Å². The number of alkyl halides is 3. The molecule has 4 aliphatic rings. The quantitative estimate of drug-likeness (QED) is 0.272. The molecule has 0 unspecified atom stereocenters. The van der Waals surface area contributed by atoms with Crippen molar-refractivity contribution in [3.63, 3.8) is 0 Å². The first kappa shape index (κ1) is 25.4. The predicted octanol–water partition coefficient (Wildman–Crippen LogP) is 3.46. The Balaban J connectivity index is 0.000000312. The van der Waals surface area contributed by atoms with Gasteiger partial charge in [-0.15, -0.1) is 0 Å². The van der Waals surface area contributed by atoms with Crippen molar-refractivity contribution in [1.29, 1.82) is 0 Å². The van der Waals surface area contributed by atoms with E-state index in [1.165, 1.54) is 6.42 Å². The van der Waals surface area contributed by atoms with Gasteiger partial charge in [0, 0.05) is 12.1 Å². The summed E-state index contributed by atoms with van der Waals surface area (Å²) in [5.41, 5.74) is -4.57. The van der Waals surface area contributed by atoms with Crippen LogP contribution in [0.2, 0.25) is 0 Å². The largest absolute Gasteiger partial charge is 0.741 e. The third-order valence-corrected chi connectivity index (χ3v) is 8.45. The Hall–Kier alpha value is -1.21. The van der Waals surface area contributed by atoms with E-state index < -0.39 is 25.7 Å². The van der Waals surface area contributed by atoms with Crippen LogP contribution in [-0.4, -0.2) is 54.1 Å². The van der Waals surface area contributed by atoms with Crippen molar-refractivity contribution in [2.75, 3.05) is 21.1 Å². The molecule has 4 aliphatic carbocycles. The lowest BCUT2D eigenvalue weighted by atomic mass is 9.55. The minimum absolute atomic E-state index is 0.0964. The van der Waals surface area contributed by atoms with E-state index in [2.05, 4.69) is 21.1 Å². The normalized spacial score (nSPS) is 30.0. The molecule has 0 atom stereocenters. The molecule has 0 aromatic heterocycles. The summed E-state index contributed by atoms with van der Waals surface area (Å²) in [6.45, 7) is 0. The number of hydrogen-bond acceptors (Lipinski definition) is 6. The van der Waals surface area contributed by atoms with E-state index in [0.29, 0.717) is 16.3 Å². The van der Waals surface area contributed by atoms with Crippen molar-refractivity contribution in [2.45, 2.75) is 48.6 Å². The second-order valence-electron chi connectivity index (χ2n) is 9.85. The molecule has 4 bridgehead atoms. The van der Waals surface area contributed by atoms with Gasteiger partial charge in [-0.05, 0) is 67.9 Å². The maximum absolute atomic E-state index is 12.8. The van der Waals surface area contributed by atoms with Crippen LogP contribution in [0.1, 0.15) is 32.1 Å². The van der Waals surface area contributed by atoms with Gasteiger partial charge in [0.1, 0.15) is 5.69 Å². The number of nitrogens with zero attached hydrogens (tertiary/aromatic N) is 1. The summed E-state index contributed by atoms with van der Waals surface area (Å²) in [6, 6.07) is 7.13. The topological polar surface area (TPSA) is 101 Å². The molecular formula is C20H28F3NO6S2. The van der Waals surface area contributed by atoms with Crippen LogP contribution >= 0.6 is 0 Å². The lowest BCUT2D eigenvalue weighted by Crippen LogP contribution is -2.50. The zero-order chi connectivity index (χ0) is 24.1. The maximum Gasteiger partial charge on any atom is 0.485 e. The van der Waals surface area contributed by atoms with Gasteiger partial charge in [0.2, 0.25) is 0 Å². The SMILES string of the molecule is C[N+](C)(C)c1ccc(S(=O)(=O)OC2C3CC4CC(C3)CC2C4)cc1.O=S(=O)([O-])C(F)(F)F. The lowest BCUT2D eigenvalue weighted by Gasteiger charge is -2.53. The first-order valence-electron chi connectivity index (χ1n) is 10.3. The Bertz CT molecular complexity index is 1000. The minimum Gasteiger partial charge on any atom is -0.741 e. The molecule has 1 aromatic rings. The second kappa shape index (κ2) is 8.53. The van der Waals surface area contributed by atoms with Crippen LogP contribution in [0.4, 0.5) is 18.9 Å². The molecule has 1 aromatic carbocycles. The van der Waals surface area contributed by atoms with Crippen LogP contribution in [0.25, 0.3) is 0 Å². The van der Waals surface area contributed by atoms with Gasteiger partial charge < -0.3 is 4.55 Å². The van der Waals surface area contributed by atoms with E-state index >= 15 is 0 Å². The number of hydrogen-bond donors (Lipinski definition) is 0. The van der Waals surface area contributed by atoms with Crippen molar-refractivity contribution >= 4 is 25.9 Å². The molecule has 0 radical (unpaired) electrons. The Morgan fingerprint density at radius 1 is 0.875 bits per heavy atom. The fourth-order valence-electron chi connectivity index (χ4n) is 5.29. The molecule has 0 N–H and O–H groups in total. The zero-order valence-corrected chi connectivity index (χ0v) is 19.7. The van der Waals surface area contributed by atoms with E-state index in [4.69, 9.17) is 17.2 Å². The lowest BCUT2D eigenvalue weighted by molar-refractivity contribution is -0.0764. The zero-order valence-electron chi connectivity index (χ0n) is 18.1. The molecule has 4 fully saturated rings. The van der Waals surface area contributed by atoms with Crippen molar-refractivity contribution in [3.8, 4) is 0 Å². The van der Waals surface area contributed by atoms with Gasteiger partial charge in [0.05, 0.1) is 32.1 Å². The average Bonchev–Trinajstić information content (AvgIpc) is 2.62. The average molecular weight is 500 g/mol. The van der Waals surface area contributed by atoms with E-state index in [9.17, 15) is 21.6 Å². The molecule has 12 heteroatoms. The van der Waals surface area contributed by atoms with E-state index in [1.807, 2.05) is 12.1 Å². The van der Waals surface area contributed by atoms with E-state index in [1.54, 1.807) is 12.1 Å². The summed E-state index contributed by atoms with van der Waals surface area (Å²) in [5.74, 6) is 2.53. The summed E-state index contributed by atoms with van der Waals surface area (Å²) >= 11 is 0. The van der Waals surface area contributed by atoms with Gasteiger partial charge in [-0.25, -0.2) is 8.42 Å². The molecule has 7 nitrogen and oxygen atoms in total. The molecule has 182 valence electrons. The van der Waals surface area contributed by atoms with Crippen LogP contribution in [0, 0.1) is 23.7 Å². The summed E-state index contributed by atoms with van der Waals surface area (Å²) in [5, 5.41) is 0. The molecule has 0 amide bonds. The number of benzene rings is 1. The van der Waals surface area contributed by atoms with Gasteiger partial charge in [0.15, 0.2) is 10.1 Å². The molecule has 32 heavy (non-hydrogen) atoms. The Morgan fingerprint density at radius 3 is 1.62 bits per heavy atom. The standard InChI is InChI=1S/C19H28NO3S.CHF3O3S/c1-20(2,3)17-4-6-18(7-5-17)24(21,22)23-19-15-9-13-8-14(11-15)12-16(19)10-13;2-1(3,4)8(5,6)7/h4-7,13-16,19H,8-12H2,1-3H3;(H,5,6,7)/q+1;/p-1. The van der Waals surface area contributed by atoms with Crippen LogP contribution in [0.3, 0.4) is 0 Å².